The van der Waals surface area contributed by atoms with Crippen molar-refractivity contribution in [3.8, 4) is 11.5 Å². The summed E-state index contributed by atoms with van der Waals surface area (Å²) in [5.74, 6) is 0.941. The zero-order chi connectivity index (χ0) is 18.4. The van der Waals surface area contributed by atoms with Crippen LogP contribution >= 0.6 is 22.6 Å². The highest BCUT2D eigenvalue weighted by atomic mass is 127. The lowest BCUT2D eigenvalue weighted by atomic mass is 10.2. The molecule has 0 unspecified atom stereocenters. The first kappa shape index (κ1) is 18.6. The number of nitro benzene ring substituents is 1. The number of benzene rings is 2. The molecule has 0 fully saturated rings. The highest BCUT2D eigenvalue weighted by Gasteiger charge is 2.12. The highest BCUT2D eigenvalue weighted by Crippen LogP contribution is 2.35. The average Bonchev–Trinajstić information content (AvgIpc) is 2.58. The molecule has 2 aromatic carbocycles. The van der Waals surface area contributed by atoms with Crippen molar-refractivity contribution < 1.29 is 19.3 Å². The molecular formula is C16H13IN2O6. The molecule has 25 heavy (non-hydrogen) atoms. The maximum Gasteiger partial charge on any atom is 0.269 e. The molecule has 0 bridgehead atoms. The van der Waals surface area contributed by atoms with Gasteiger partial charge in [0.15, 0.2) is 11.5 Å². The van der Waals surface area contributed by atoms with E-state index in [0.29, 0.717) is 17.1 Å². The average molecular weight is 456 g/mol. The van der Waals surface area contributed by atoms with Crippen LogP contribution in [0.5, 0.6) is 11.5 Å². The fourth-order valence-corrected chi connectivity index (χ4v) is 2.77. The van der Waals surface area contributed by atoms with Gasteiger partial charge < -0.3 is 9.47 Å². The van der Waals surface area contributed by atoms with Crippen molar-refractivity contribution in [1.82, 2.24) is 0 Å². The Morgan fingerprint density at radius 3 is 2.40 bits per heavy atom. The van der Waals surface area contributed by atoms with Crippen LogP contribution in [0.25, 0.3) is 6.08 Å². The third kappa shape index (κ3) is 5.14. The van der Waals surface area contributed by atoms with E-state index in [1.54, 1.807) is 24.3 Å². The van der Waals surface area contributed by atoms with E-state index in [2.05, 4.69) is 22.6 Å². The molecule has 0 atom stereocenters. The molecule has 0 radical (unpaired) electrons. The Morgan fingerprint density at radius 1 is 1.16 bits per heavy atom. The minimum absolute atomic E-state index is 0.0119. The summed E-state index contributed by atoms with van der Waals surface area (Å²) in [5.41, 5.74) is 1.39. The molecule has 0 spiro atoms. The van der Waals surface area contributed by atoms with Gasteiger partial charge in [0, 0.05) is 18.2 Å². The van der Waals surface area contributed by atoms with E-state index < -0.39 is 9.85 Å². The van der Waals surface area contributed by atoms with Crippen molar-refractivity contribution in [2.45, 2.75) is 6.61 Å². The summed E-state index contributed by atoms with van der Waals surface area (Å²) in [6.07, 6.45) is 2.22. The first-order valence-electron chi connectivity index (χ1n) is 6.96. The second-order valence-electron chi connectivity index (χ2n) is 4.85. The fourth-order valence-electron chi connectivity index (χ4n) is 1.99. The lowest BCUT2D eigenvalue weighted by Gasteiger charge is -2.13. The number of hydrogen-bond donors (Lipinski definition) is 0. The lowest BCUT2D eigenvalue weighted by molar-refractivity contribution is -0.400. The van der Waals surface area contributed by atoms with Gasteiger partial charge in [-0.1, -0.05) is 0 Å². The first-order chi connectivity index (χ1) is 11.9. The first-order valence-corrected chi connectivity index (χ1v) is 8.04. The summed E-state index contributed by atoms with van der Waals surface area (Å²) in [6.45, 7) is 0.203. The number of halogens is 1. The molecule has 0 saturated carbocycles. The molecule has 130 valence electrons. The zero-order valence-electron chi connectivity index (χ0n) is 13.0. The topological polar surface area (TPSA) is 105 Å². The van der Waals surface area contributed by atoms with Gasteiger partial charge in [-0.2, -0.15) is 0 Å². The van der Waals surface area contributed by atoms with Crippen LogP contribution in [0.1, 0.15) is 11.1 Å². The van der Waals surface area contributed by atoms with E-state index in [1.807, 2.05) is 0 Å². The van der Waals surface area contributed by atoms with Crippen LogP contribution in [-0.2, 0) is 6.61 Å². The van der Waals surface area contributed by atoms with E-state index in [4.69, 9.17) is 9.47 Å². The van der Waals surface area contributed by atoms with Crippen LogP contribution in [-0.4, -0.2) is 17.0 Å². The van der Waals surface area contributed by atoms with Crippen LogP contribution in [0.15, 0.2) is 42.6 Å². The largest absolute Gasteiger partial charge is 0.493 e. The number of nitrogens with zero attached hydrogens (tertiary/aromatic N) is 2. The summed E-state index contributed by atoms with van der Waals surface area (Å²) in [5, 5.41) is 21.1. The number of ether oxygens (including phenoxy) is 2. The number of methoxy groups -OCH3 is 1. The Kier molecular flexibility index (Phi) is 6.28. The van der Waals surface area contributed by atoms with Crippen LogP contribution in [0.3, 0.4) is 0 Å². The Hall–Kier alpha value is -2.69. The van der Waals surface area contributed by atoms with Crippen molar-refractivity contribution in [2.24, 2.45) is 0 Å². The van der Waals surface area contributed by atoms with Crippen molar-refractivity contribution in [3.05, 3.63) is 77.5 Å². The predicted octanol–water partition coefficient (Wildman–Crippen LogP) is 4.03. The Labute approximate surface area is 156 Å². The van der Waals surface area contributed by atoms with Gasteiger partial charge in [0.2, 0.25) is 6.20 Å². The van der Waals surface area contributed by atoms with E-state index >= 15 is 0 Å². The van der Waals surface area contributed by atoms with Crippen LogP contribution < -0.4 is 9.47 Å². The van der Waals surface area contributed by atoms with Crippen molar-refractivity contribution >= 4 is 34.4 Å². The van der Waals surface area contributed by atoms with E-state index in [1.165, 1.54) is 25.3 Å². The number of hydrogen-bond acceptors (Lipinski definition) is 6. The van der Waals surface area contributed by atoms with Crippen molar-refractivity contribution in [3.63, 3.8) is 0 Å². The summed E-state index contributed by atoms with van der Waals surface area (Å²) < 4.78 is 11.8. The fraction of sp³-hybridized carbons (Fsp3) is 0.125. The normalized spacial score (nSPS) is 10.6. The molecule has 2 rings (SSSR count). The number of rotatable bonds is 7. The van der Waals surface area contributed by atoms with Crippen LogP contribution in [0, 0.1) is 23.8 Å². The maximum atomic E-state index is 10.7. The van der Waals surface area contributed by atoms with Gasteiger partial charge in [-0.3, -0.25) is 20.2 Å². The molecule has 9 heteroatoms. The smallest absolute Gasteiger partial charge is 0.269 e. The molecule has 0 aromatic heterocycles. The summed E-state index contributed by atoms with van der Waals surface area (Å²) >= 11 is 2.05. The Bertz CT molecular complexity index is 820. The summed E-state index contributed by atoms with van der Waals surface area (Å²) in [6, 6.07) is 9.41. The second-order valence-corrected chi connectivity index (χ2v) is 6.01. The molecule has 0 amide bonds. The molecule has 0 aliphatic rings. The van der Waals surface area contributed by atoms with Gasteiger partial charge in [0.1, 0.15) is 6.61 Å². The summed E-state index contributed by atoms with van der Waals surface area (Å²) in [4.78, 5) is 20.1. The summed E-state index contributed by atoms with van der Waals surface area (Å²) in [7, 11) is 1.48. The predicted molar refractivity (Wildman–Crippen MR) is 99.2 cm³/mol. The maximum absolute atomic E-state index is 10.7. The zero-order valence-corrected chi connectivity index (χ0v) is 15.2. The molecule has 2 aromatic rings. The Morgan fingerprint density at radius 2 is 1.84 bits per heavy atom. The van der Waals surface area contributed by atoms with Gasteiger partial charge in [0.05, 0.1) is 20.5 Å². The van der Waals surface area contributed by atoms with E-state index in [0.717, 1.165) is 15.3 Å². The van der Waals surface area contributed by atoms with Gasteiger partial charge in [-0.05, 0) is 58.0 Å². The third-order valence-corrected chi connectivity index (χ3v) is 3.97. The van der Waals surface area contributed by atoms with Gasteiger partial charge in [-0.15, -0.1) is 0 Å². The molecule has 8 nitrogen and oxygen atoms in total. The third-order valence-electron chi connectivity index (χ3n) is 3.17. The van der Waals surface area contributed by atoms with Crippen LogP contribution in [0.2, 0.25) is 0 Å². The van der Waals surface area contributed by atoms with Crippen LogP contribution in [0.4, 0.5) is 5.69 Å². The SMILES string of the molecule is COc1cc(/C=C\[N+](=O)[O-])cc(I)c1OCc1ccc([N+](=O)[O-])cc1. The monoisotopic (exact) mass is 456 g/mol. The molecule has 0 saturated heterocycles. The van der Waals surface area contributed by atoms with Gasteiger partial charge >= 0.3 is 0 Å². The van der Waals surface area contributed by atoms with E-state index in [-0.39, 0.29) is 12.3 Å². The lowest BCUT2D eigenvalue weighted by Crippen LogP contribution is -2.00. The Balaban J connectivity index is 2.18. The highest BCUT2D eigenvalue weighted by molar-refractivity contribution is 14.1. The standard InChI is InChI=1S/C16H13IN2O6/c1-24-15-9-12(6-7-18(20)21)8-14(17)16(15)25-10-11-2-4-13(5-3-11)19(22)23/h2-9H,10H2,1H3/b7-6-. The van der Waals surface area contributed by atoms with E-state index in [9.17, 15) is 20.2 Å². The number of non-ortho nitro benzene ring substituents is 1. The molecule has 0 aliphatic heterocycles. The van der Waals surface area contributed by atoms with Gasteiger partial charge in [-0.25, -0.2) is 0 Å². The molecular weight excluding hydrogens is 443 g/mol. The van der Waals surface area contributed by atoms with Gasteiger partial charge in [0.25, 0.3) is 5.69 Å². The molecule has 0 heterocycles. The second kappa shape index (κ2) is 8.42. The number of nitro groups is 2. The van der Waals surface area contributed by atoms with Crippen molar-refractivity contribution in [2.75, 3.05) is 7.11 Å². The quantitative estimate of drug-likeness (QED) is 0.354. The minimum Gasteiger partial charge on any atom is -0.493 e. The van der Waals surface area contributed by atoms with Crippen molar-refractivity contribution in [1.29, 1.82) is 0 Å². The minimum atomic E-state index is -0.543. The molecule has 0 N–H and O–H groups in total. The molecule has 0 aliphatic carbocycles.